The summed E-state index contributed by atoms with van der Waals surface area (Å²) in [4.78, 5) is 11.8. The SMILES string of the molecule is CC(Nc1snc(N)c1S(=O)(=O)N(C)C)C(=O)NC1CC1. The second-order valence-corrected chi connectivity index (χ2v) is 8.02. The van der Waals surface area contributed by atoms with Gasteiger partial charge in [0.05, 0.1) is 0 Å². The third kappa shape index (κ3) is 3.44. The maximum atomic E-state index is 12.2. The van der Waals surface area contributed by atoms with Crippen molar-refractivity contribution in [1.29, 1.82) is 0 Å². The molecule has 1 aliphatic carbocycles. The Morgan fingerprint density at radius 2 is 2.10 bits per heavy atom. The highest BCUT2D eigenvalue weighted by Crippen LogP contribution is 2.33. The van der Waals surface area contributed by atoms with Gasteiger partial charge < -0.3 is 16.4 Å². The molecular formula is C11H19N5O3S2. The molecule has 0 radical (unpaired) electrons. The highest BCUT2D eigenvalue weighted by Gasteiger charge is 2.30. The largest absolute Gasteiger partial charge is 0.382 e. The molecule has 21 heavy (non-hydrogen) atoms. The minimum Gasteiger partial charge on any atom is -0.382 e. The van der Waals surface area contributed by atoms with E-state index in [4.69, 9.17) is 5.73 Å². The number of hydrogen-bond donors (Lipinski definition) is 3. The zero-order valence-electron chi connectivity index (χ0n) is 12.1. The normalized spacial score (nSPS) is 16.8. The first kappa shape index (κ1) is 16.0. The predicted octanol–water partition coefficient (Wildman–Crippen LogP) is 0.0546. The number of aromatic nitrogens is 1. The topological polar surface area (TPSA) is 117 Å². The standard InChI is InChI=1S/C11H19N5O3S2/c1-6(10(17)14-7-4-5-7)13-11-8(9(12)15-20-11)21(18,19)16(2)3/h6-7,13H,4-5H2,1-3H3,(H2,12,15)(H,14,17). The van der Waals surface area contributed by atoms with Gasteiger partial charge in [-0.1, -0.05) is 0 Å². The van der Waals surface area contributed by atoms with Crippen LogP contribution >= 0.6 is 11.5 Å². The summed E-state index contributed by atoms with van der Waals surface area (Å²) < 4.78 is 29.4. The zero-order chi connectivity index (χ0) is 15.8. The number of hydrogen-bond acceptors (Lipinski definition) is 7. The molecule has 1 unspecified atom stereocenters. The first-order valence-corrected chi connectivity index (χ1v) is 8.69. The minimum atomic E-state index is -3.71. The quantitative estimate of drug-likeness (QED) is 0.677. The van der Waals surface area contributed by atoms with Crippen LogP contribution < -0.4 is 16.4 Å². The lowest BCUT2D eigenvalue weighted by molar-refractivity contribution is -0.121. The van der Waals surface area contributed by atoms with Gasteiger partial charge in [0.25, 0.3) is 0 Å². The summed E-state index contributed by atoms with van der Waals surface area (Å²) in [5, 5.41) is 6.01. The van der Waals surface area contributed by atoms with Crippen LogP contribution in [-0.2, 0) is 14.8 Å². The van der Waals surface area contributed by atoms with Gasteiger partial charge in [-0.3, -0.25) is 4.79 Å². The van der Waals surface area contributed by atoms with Gasteiger partial charge in [0.15, 0.2) is 10.7 Å². The highest BCUT2D eigenvalue weighted by atomic mass is 32.2. The molecule has 118 valence electrons. The van der Waals surface area contributed by atoms with Crippen LogP contribution in [0, 0.1) is 0 Å². The summed E-state index contributed by atoms with van der Waals surface area (Å²) in [6, 6.07) is -0.320. The summed E-state index contributed by atoms with van der Waals surface area (Å²) in [5.41, 5.74) is 5.66. The second-order valence-electron chi connectivity index (χ2n) is 5.16. The summed E-state index contributed by atoms with van der Waals surface area (Å²) in [5.74, 6) is -0.233. The summed E-state index contributed by atoms with van der Waals surface area (Å²) >= 11 is 0.929. The lowest BCUT2D eigenvalue weighted by atomic mass is 10.3. The van der Waals surface area contributed by atoms with Crippen molar-refractivity contribution in [2.75, 3.05) is 25.1 Å². The molecule has 2 rings (SSSR count). The third-order valence-electron chi connectivity index (χ3n) is 3.08. The Balaban J connectivity index is 2.19. The Morgan fingerprint density at radius 1 is 1.48 bits per heavy atom. The van der Waals surface area contributed by atoms with Crippen LogP contribution in [0.5, 0.6) is 0 Å². The van der Waals surface area contributed by atoms with E-state index in [1.165, 1.54) is 14.1 Å². The smallest absolute Gasteiger partial charge is 0.249 e. The van der Waals surface area contributed by atoms with Crippen LogP contribution in [0.2, 0.25) is 0 Å². The van der Waals surface area contributed by atoms with E-state index in [2.05, 4.69) is 15.0 Å². The van der Waals surface area contributed by atoms with E-state index < -0.39 is 16.1 Å². The zero-order valence-corrected chi connectivity index (χ0v) is 13.7. The van der Waals surface area contributed by atoms with Crippen molar-refractivity contribution in [3.05, 3.63) is 0 Å². The molecule has 1 heterocycles. The van der Waals surface area contributed by atoms with Crippen molar-refractivity contribution in [3.63, 3.8) is 0 Å². The Morgan fingerprint density at radius 3 is 2.62 bits per heavy atom. The molecule has 1 saturated carbocycles. The third-order valence-corrected chi connectivity index (χ3v) is 5.89. The molecule has 1 aromatic heterocycles. The van der Waals surface area contributed by atoms with Crippen LogP contribution in [0.25, 0.3) is 0 Å². The van der Waals surface area contributed by atoms with Crippen molar-refractivity contribution >= 4 is 38.3 Å². The number of carbonyl (C=O) groups excluding carboxylic acids is 1. The van der Waals surface area contributed by atoms with E-state index in [1.54, 1.807) is 6.92 Å². The van der Waals surface area contributed by atoms with Gasteiger partial charge in [0.1, 0.15) is 11.0 Å². The molecule has 0 bridgehead atoms. The van der Waals surface area contributed by atoms with E-state index in [9.17, 15) is 13.2 Å². The van der Waals surface area contributed by atoms with Crippen LogP contribution in [-0.4, -0.2) is 49.2 Å². The fraction of sp³-hybridized carbons (Fsp3) is 0.636. The van der Waals surface area contributed by atoms with Crippen LogP contribution in [0.3, 0.4) is 0 Å². The first-order chi connectivity index (χ1) is 9.73. The first-order valence-electron chi connectivity index (χ1n) is 6.48. The molecule has 10 heteroatoms. The van der Waals surface area contributed by atoms with Gasteiger partial charge in [-0.2, -0.15) is 4.37 Å². The molecule has 1 aliphatic rings. The average Bonchev–Trinajstić information content (AvgIpc) is 3.12. The number of nitrogens with zero attached hydrogens (tertiary/aromatic N) is 2. The number of carbonyl (C=O) groups is 1. The highest BCUT2D eigenvalue weighted by molar-refractivity contribution is 7.89. The molecule has 8 nitrogen and oxygen atoms in total. The van der Waals surface area contributed by atoms with Crippen molar-refractivity contribution in [2.45, 2.75) is 36.7 Å². The summed E-state index contributed by atoms with van der Waals surface area (Å²) in [6.45, 7) is 1.67. The maximum Gasteiger partial charge on any atom is 0.249 e. The van der Waals surface area contributed by atoms with Crippen LogP contribution in [0.15, 0.2) is 4.90 Å². The van der Waals surface area contributed by atoms with Gasteiger partial charge >= 0.3 is 0 Å². The van der Waals surface area contributed by atoms with Crippen molar-refractivity contribution in [3.8, 4) is 0 Å². The molecule has 1 atom stereocenters. The van der Waals surface area contributed by atoms with Crippen molar-refractivity contribution in [2.24, 2.45) is 0 Å². The monoisotopic (exact) mass is 333 g/mol. The second kappa shape index (κ2) is 5.78. The maximum absolute atomic E-state index is 12.2. The molecule has 4 N–H and O–H groups in total. The number of sulfonamides is 1. The van der Waals surface area contributed by atoms with Crippen LogP contribution in [0.4, 0.5) is 10.8 Å². The molecule has 0 aliphatic heterocycles. The Kier molecular flexibility index (Phi) is 4.40. The average molecular weight is 333 g/mol. The number of rotatable bonds is 6. The molecule has 0 saturated heterocycles. The number of nitrogens with one attached hydrogen (secondary N) is 2. The van der Waals surface area contributed by atoms with E-state index in [0.29, 0.717) is 0 Å². The van der Waals surface area contributed by atoms with Gasteiger partial charge in [-0.05, 0) is 31.3 Å². The van der Waals surface area contributed by atoms with Gasteiger partial charge in [-0.15, -0.1) is 0 Å². The molecule has 1 amide bonds. The van der Waals surface area contributed by atoms with Crippen molar-refractivity contribution in [1.82, 2.24) is 14.0 Å². The van der Waals surface area contributed by atoms with Gasteiger partial charge in [0, 0.05) is 20.1 Å². The lowest BCUT2D eigenvalue weighted by Crippen LogP contribution is -2.38. The Hall–Kier alpha value is -1.39. The fourth-order valence-electron chi connectivity index (χ4n) is 1.63. The fourth-order valence-corrected chi connectivity index (χ4v) is 3.79. The number of nitrogen functional groups attached to an aromatic ring is 1. The van der Waals surface area contributed by atoms with Crippen molar-refractivity contribution < 1.29 is 13.2 Å². The molecular weight excluding hydrogens is 314 g/mol. The number of amides is 1. The molecule has 0 aromatic carbocycles. The summed E-state index contributed by atoms with van der Waals surface area (Å²) in [6.07, 6.45) is 1.98. The van der Waals surface area contributed by atoms with Gasteiger partial charge in [0.2, 0.25) is 15.9 Å². The van der Waals surface area contributed by atoms with E-state index >= 15 is 0 Å². The Labute approximate surface area is 127 Å². The Bertz CT molecular complexity index is 636. The molecule has 1 fully saturated rings. The van der Waals surface area contributed by atoms with Gasteiger partial charge in [-0.25, -0.2) is 12.7 Å². The predicted molar refractivity (Wildman–Crippen MR) is 81.6 cm³/mol. The summed E-state index contributed by atoms with van der Waals surface area (Å²) in [7, 11) is -0.883. The molecule has 0 spiro atoms. The molecule has 1 aromatic rings. The number of anilines is 2. The minimum absolute atomic E-state index is 0.0639. The van der Waals surface area contributed by atoms with E-state index in [1.807, 2.05) is 0 Å². The lowest BCUT2D eigenvalue weighted by Gasteiger charge is -2.16. The number of nitrogens with two attached hydrogens (primary N) is 1. The van der Waals surface area contributed by atoms with Crippen LogP contribution in [0.1, 0.15) is 19.8 Å². The van der Waals surface area contributed by atoms with E-state index in [0.717, 1.165) is 28.7 Å². The van der Waals surface area contributed by atoms with E-state index in [-0.39, 0.29) is 27.7 Å².